The predicted molar refractivity (Wildman–Crippen MR) is 126 cm³/mol. The molecule has 0 heterocycles. The third-order valence-electron chi connectivity index (χ3n) is 5.04. The van der Waals surface area contributed by atoms with Gasteiger partial charge in [-0.3, -0.25) is 10.1 Å². The molecule has 0 N–H and O–H groups in total. The van der Waals surface area contributed by atoms with Crippen LogP contribution in [0, 0.1) is 33.8 Å². The molecular formula is C28H19NO3. The number of nitrogens with zero attached hydrogens (tertiary/aromatic N) is 1. The van der Waals surface area contributed by atoms with Crippen molar-refractivity contribution >= 4 is 5.69 Å². The lowest BCUT2D eigenvalue weighted by Gasteiger charge is -2.05. The number of rotatable bonds is 2. The number of benzene rings is 2. The van der Waals surface area contributed by atoms with Crippen LogP contribution in [0.15, 0.2) is 107 Å². The summed E-state index contributed by atoms with van der Waals surface area (Å²) in [5.74, 6) is 13.6. The van der Waals surface area contributed by atoms with Crippen LogP contribution in [0.3, 0.4) is 0 Å². The SMILES string of the molecule is COc1ccc(C#CC2=C3C=CC=C(C#Cc4ccc([N+](=O)[O-])cc4)C(=CC=C2)C3)cc1. The van der Waals surface area contributed by atoms with Crippen LogP contribution in [0.5, 0.6) is 5.75 Å². The summed E-state index contributed by atoms with van der Waals surface area (Å²) in [6, 6.07) is 13.9. The van der Waals surface area contributed by atoms with Crippen LogP contribution in [-0.4, -0.2) is 12.0 Å². The van der Waals surface area contributed by atoms with E-state index in [1.165, 1.54) is 12.1 Å². The lowest BCUT2D eigenvalue weighted by atomic mass is 9.98. The molecule has 0 spiro atoms. The van der Waals surface area contributed by atoms with Crippen molar-refractivity contribution in [3.8, 4) is 29.4 Å². The van der Waals surface area contributed by atoms with Gasteiger partial charge >= 0.3 is 0 Å². The molecule has 0 saturated heterocycles. The Balaban J connectivity index is 1.55. The summed E-state index contributed by atoms with van der Waals surface area (Å²) in [5.41, 5.74) is 5.85. The molecule has 0 fully saturated rings. The number of nitro groups is 1. The van der Waals surface area contributed by atoms with E-state index in [9.17, 15) is 10.1 Å². The van der Waals surface area contributed by atoms with Gasteiger partial charge in [0.2, 0.25) is 0 Å². The summed E-state index contributed by atoms with van der Waals surface area (Å²) >= 11 is 0. The van der Waals surface area contributed by atoms with E-state index in [-0.39, 0.29) is 5.69 Å². The number of hydrogen-bond donors (Lipinski definition) is 0. The summed E-state index contributed by atoms with van der Waals surface area (Å²) in [7, 11) is 1.64. The smallest absolute Gasteiger partial charge is 0.269 e. The molecule has 2 bridgehead atoms. The second-order valence-electron chi connectivity index (χ2n) is 7.14. The monoisotopic (exact) mass is 417 g/mol. The summed E-state index contributed by atoms with van der Waals surface area (Å²) in [6.45, 7) is 0. The third-order valence-corrected chi connectivity index (χ3v) is 5.04. The molecule has 0 amide bonds. The van der Waals surface area contributed by atoms with Crippen LogP contribution in [0.4, 0.5) is 5.69 Å². The van der Waals surface area contributed by atoms with Crippen molar-refractivity contribution in [1.29, 1.82) is 0 Å². The highest BCUT2D eigenvalue weighted by Gasteiger charge is 2.12. The first-order valence-corrected chi connectivity index (χ1v) is 10.0. The Morgan fingerprint density at radius 3 is 2.19 bits per heavy atom. The first kappa shape index (κ1) is 20.7. The van der Waals surface area contributed by atoms with Gasteiger partial charge in [0.25, 0.3) is 5.69 Å². The summed E-state index contributed by atoms with van der Waals surface area (Å²) < 4.78 is 5.19. The largest absolute Gasteiger partial charge is 0.497 e. The van der Waals surface area contributed by atoms with Crippen molar-refractivity contribution in [3.63, 3.8) is 0 Å². The molecule has 0 aliphatic heterocycles. The minimum absolute atomic E-state index is 0.0573. The number of fused-ring (bicyclic) bond motifs is 2. The third kappa shape index (κ3) is 4.95. The highest BCUT2D eigenvalue weighted by Crippen LogP contribution is 2.28. The number of nitro benzene ring substituents is 1. The molecule has 4 heteroatoms. The molecule has 0 aromatic heterocycles. The predicted octanol–water partition coefficient (Wildman–Crippen LogP) is 5.69. The highest BCUT2D eigenvalue weighted by atomic mass is 16.6. The van der Waals surface area contributed by atoms with Crippen molar-refractivity contribution in [3.05, 3.63) is 129 Å². The molecule has 4 nitrogen and oxygen atoms in total. The van der Waals surface area contributed by atoms with Crippen molar-refractivity contribution < 1.29 is 9.66 Å². The summed E-state index contributed by atoms with van der Waals surface area (Å²) in [6.07, 6.45) is 12.9. The van der Waals surface area contributed by atoms with E-state index in [0.29, 0.717) is 0 Å². The van der Waals surface area contributed by atoms with Gasteiger partial charge in [0.1, 0.15) is 5.75 Å². The maximum atomic E-state index is 10.8. The Hall–Kier alpha value is -4.54. The fourth-order valence-corrected chi connectivity index (χ4v) is 3.29. The average molecular weight is 417 g/mol. The number of ether oxygens (including phenoxy) is 1. The van der Waals surface area contributed by atoms with E-state index in [1.54, 1.807) is 19.2 Å². The molecule has 4 rings (SSSR count). The van der Waals surface area contributed by atoms with Gasteiger partial charge in [-0.25, -0.2) is 0 Å². The van der Waals surface area contributed by atoms with Crippen molar-refractivity contribution in [1.82, 2.24) is 0 Å². The lowest BCUT2D eigenvalue weighted by Crippen LogP contribution is -1.90. The number of allylic oxidation sites excluding steroid dienone is 10. The van der Waals surface area contributed by atoms with E-state index >= 15 is 0 Å². The summed E-state index contributed by atoms with van der Waals surface area (Å²) in [5, 5.41) is 10.8. The molecule has 0 saturated carbocycles. The molecule has 2 aromatic rings. The molecule has 2 aromatic carbocycles. The van der Waals surface area contributed by atoms with E-state index in [4.69, 9.17) is 4.74 Å². The fourth-order valence-electron chi connectivity index (χ4n) is 3.29. The van der Waals surface area contributed by atoms with Gasteiger partial charge in [-0.2, -0.15) is 0 Å². The maximum Gasteiger partial charge on any atom is 0.269 e. The van der Waals surface area contributed by atoms with E-state index in [1.807, 2.05) is 48.6 Å². The lowest BCUT2D eigenvalue weighted by molar-refractivity contribution is -0.384. The van der Waals surface area contributed by atoms with E-state index in [2.05, 4.69) is 35.8 Å². The number of hydrogen-bond acceptors (Lipinski definition) is 3. The molecule has 32 heavy (non-hydrogen) atoms. The Kier molecular flexibility index (Phi) is 6.16. The zero-order valence-corrected chi connectivity index (χ0v) is 17.5. The second-order valence-corrected chi connectivity index (χ2v) is 7.14. The van der Waals surface area contributed by atoms with Gasteiger partial charge < -0.3 is 4.74 Å². The molecule has 2 aliphatic carbocycles. The molecule has 0 unspecified atom stereocenters. The minimum atomic E-state index is -0.415. The van der Waals surface area contributed by atoms with Gasteiger partial charge in [0.15, 0.2) is 0 Å². The van der Waals surface area contributed by atoms with Crippen LogP contribution < -0.4 is 4.74 Å². The van der Waals surface area contributed by atoms with Crippen molar-refractivity contribution in [2.24, 2.45) is 0 Å². The van der Waals surface area contributed by atoms with E-state index in [0.717, 1.165) is 45.6 Å². The highest BCUT2D eigenvalue weighted by molar-refractivity contribution is 5.61. The van der Waals surface area contributed by atoms with Crippen LogP contribution in [0.2, 0.25) is 0 Å². The Bertz CT molecular complexity index is 1330. The van der Waals surface area contributed by atoms with Crippen LogP contribution in [0.25, 0.3) is 0 Å². The van der Waals surface area contributed by atoms with Gasteiger partial charge in [-0.1, -0.05) is 48.0 Å². The second kappa shape index (κ2) is 9.51. The van der Waals surface area contributed by atoms with Gasteiger partial charge in [0.05, 0.1) is 12.0 Å². The minimum Gasteiger partial charge on any atom is -0.497 e. The first-order chi connectivity index (χ1) is 15.6. The topological polar surface area (TPSA) is 52.4 Å². The van der Waals surface area contributed by atoms with Gasteiger partial charge in [-0.05, 0) is 66.1 Å². The van der Waals surface area contributed by atoms with E-state index < -0.39 is 4.92 Å². The van der Waals surface area contributed by atoms with Gasteiger partial charge in [-0.15, -0.1) is 0 Å². The molecular weight excluding hydrogens is 398 g/mol. The maximum absolute atomic E-state index is 10.8. The van der Waals surface area contributed by atoms with Crippen LogP contribution in [0.1, 0.15) is 17.5 Å². The van der Waals surface area contributed by atoms with Crippen molar-refractivity contribution in [2.45, 2.75) is 6.42 Å². The normalized spacial score (nSPS) is 14.0. The molecule has 2 aliphatic rings. The Labute approximate surface area is 187 Å². The fraction of sp³-hybridized carbons (Fsp3) is 0.0714. The van der Waals surface area contributed by atoms with Crippen LogP contribution in [-0.2, 0) is 0 Å². The first-order valence-electron chi connectivity index (χ1n) is 10.0. The molecule has 0 atom stereocenters. The zero-order valence-electron chi connectivity index (χ0n) is 17.5. The number of methoxy groups -OCH3 is 1. The average Bonchev–Trinajstić information content (AvgIpc) is 3.15. The Morgan fingerprint density at radius 2 is 1.50 bits per heavy atom. The van der Waals surface area contributed by atoms with Gasteiger partial charge in [0, 0.05) is 34.4 Å². The van der Waals surface area contributed by atoms with Crippen LogP contribution >= 0.6 is 0 Å². The molecule has 0 radical (unpaired) electrons. The Morgan fingerprint density at radius 1 is 0.844 bits per heavy atom. The summed E-state index contributed by atoms with van der Waals surface area (Å²) in [4.78, 5) is 10.4. The quantitative estimate of drug-likeness (QED) is 0.359. The zero-order chi connectivity index (χ0) is 22.3. The standard InChI is InChI=1S/C28H19NO3/c1-32-28-18-12-22(13-19-28)9-15-24-5-3-6-25-20-26(24)7-2-4-23(25)14-8-21-10-16-27(17-11-21)29(30)31/h2-7,10-13,16-19H,20H2,1H3. The van der Waals surface area contributed by atoms with Crippen molar-refractivity contribution in [2.75, 3.05) is 7.11 Å². The molecule has 154 valence electrons. The number of non-ortho nitro benzene ring substituents is 1.